The summed E-state index contributed by atoms with van der Waals surface area (Å²) in [6.07, 6.45) is 2.61. The van der Waals surface area contributed by atoms with Crippen molar-refractivity contribution in [1.29, 1.82) is 0 Å². The van der Waals surface area contributed by atoms with Crippen LogP contribution >= 0.6 is 11.3 Å². The molecule has 0 spiro atoms. The SMILES string of the molecule is CNc1ccnc(Cc2nc3ccccc3s2)c1. The molecule has 0 aliphatic heterocycles. The van der Waals surface area contributed by atoms with Crippen molar-refractivity contribution in [2.75, 3.05) is 12.4 Å². The predicted octanol–water partition coefficient (Wildman–Crippen LogP) is 3.32. The fourth-order valence-corrected chi connectivity index (χ4v) is 2.86. The molecule has 0 saturated heterocycles. The van der Waals surface area contributed by atoms with E-state index in [0.29, 0.717) is 0 Å². The Kier molecular flexibility index (Phi) is 2.94. The van der Waals surface area contributed by atoms with Crippen molar-refractivity contribution in [3.05, 3.63) is 53.3 Å². The maximum atomic E-state index is 4.62. The summed E-state index contributed by atoms with van der Waals surface area (Å²) in [5.41, 5.74) is 3.20. The molecule has 0 unspecified atom stereocenters. The minimum Gasteiger partial charge on any atom is -0.388 e. The van der Waals surface area contributed by atoms with E-state index in [4.69, 9.17) is 0 Å². The van der Waals surface area contributed by atoms with Crippen LogP contribution in [0, 0.1) is 0 Å². The maximum Gasteiger partial charge on any atom is 0.0998 e. The van der Waals surface area contributed by atoms with Crippen LogP contribution in [0.25, 0.3) is 10.2 Å². The summed E-state index contributed by atoms with van der Waals surface area (Å²) < 4.78 is 1.23. The predicted molar refractivity (Wildman–Crippen MR) is 76.2 cm³/mol. The van der Waals surface area contributed by atoms with Crippen LogP contribution in [0.15, 0.2) is 42.6 Å². The smallest absolute Gasteiger partial charge is 0.0998 e. The molecule has 0 atom stereocenters. The molecule has 1 aromatic carbocycles. The Bertz CT molecular complexity index is 642. The van der Waals surface area contributed by atoms with Gasteiger partial charge in [-0.15, -0.1) is 11.3 Å². The average Bonchev–Trinajstić information content (AvgIpc) is 2.81. The van der Waals surface area contributed by atoms with Crippen molar-refractivity contribution in [3.8, 4) is 0 Å². The molecule has 2 aromatic heterocycles. The standard InChI is InChI=1S/C14H13N3S/c1-15-10-6-7-16-11(8-10)9-14-17-12-4-2-3-5-13(12)18-14/h2-8H,9H2,1H3,(H,15,16). The number of thiazole rings is 1. The molecule has 0 saturated carbocycles. The highest BCUT2D eigenvalue weighted by Gasteiger charge is 2.05. The van der Waals surface area contributed by atoms with Gasteiger partial charge < -0.3 is 5.32 Å². The van der Waals surface area contributed by atoms with Gasteiger partial charge in [0.25, 0.3) is 0 Å². The fraction of sp³-hybridized carbons (Fsp3) is 0.143. The van der Waals surface area contributed by atoms with Gasteiger partial charge in [-0.25, -0.2) is 4.98 Å². The first-order valence-electron chi connectivity index (χ1n) is 5.82. The Labute approximate surface area is 110 Å². The second kappa shape index (κ2) is 4.74. The van der Waals surface area contributed by atoms with Crippen LogP contribution in [0.3, 0.4) is 0 Å². The number of nitrogens with zero attached hydrogens (tertiary/aromatic N) is 2. The van der Waals surface area contributed by atoms with E-state index in [9.17, 15) is 0 Å². The summed E-state index contributed by atoms with van der Waals surface area (Å²) in [7, 11) is 1.91. The summed E-state index contributed by atoms with van der Waals surface area (Å²) in [5.74, 6) is 0. The van der Waals surface area contributed by atoms with Gasteiger partial charge in [-0.2, -0.15) is 0 Å². The third-order valence-electron chi connectivity index (χ3n) is 2.78. The zero-order valence-electron chi connectivity index (χ0n) is 10.1. The van der Waals surface area contributed by atoms with Gasteiger partial charge >= 0.3 is 0 Å². The lowest BCUT2D eigenvalue weighted by atomic mass is 10.2. The van der Waals surface area contributed by atoms with E-state index >= 15 is 0 Å². The monoisotopic (exact) mass is 255 g/mol. The van der Waals surface area contributed by atoms with Gasteiger partial charge in [0, 0.05) is 31.0 Å². The van der Waals surface area contributed by atoms with Crippen LogP contribution in [0.2, 0.25) is 0 Å². The molecule has 0 aliphatic rings. The van der Waals surface area contributed by atoms with Crippen molar-refractivity contribution in [2.24, 2.45) is 0 Å². The molecule has 4 heteroatoms. The molecule has 90 valence electrons. The summed E-state index contributed by atoms with van der Waals surface area (Å²) in [5, 5.41) is 4.23. The average molecular weight is 255 g/mol. The number of hydrogen-bond donors (Lipinski definition) is 1. The molecule has 3 aromatic rings. The van der Waals surface area contributed by atoms with Gasteiger partial charge in [-0.05, 0) is 24.3 Å². The first-order chi connectivity index (χ1) is 8.85. The van der Waals surface area contributed by atoms with Gasteiger partial charge in [0.1, 0.15) is 0 Å². The minimum atomic E-state index is 0.787. The van der Waals surface area contributed by atoms with E-state index in [1.165, 1.54) is 4.70 Å². The summed E-state index contributed by atoms with van der Waals surface area (Å²) in [6.45, 7) is 0. The maximum absolute atomic E-state index is 4.62. The number of benzene rings is 1. The van der Waals surface area contributed by atoms with Crippen molar-refractivity contribution >= 4 is 27.2 Å². The lowest BCUT2D eigenvalue weighted by Crippen LogP contribution is -1.94. The number of para-hydroxylation sites is 1. The Morgan fingerprint density at radius 2 is 2.11 bits per heavy atom. The third kappa shape index (κ3) is 2.19. The van der Waals surface area contributed by atoms with E-state index < -0.39 is 0 Å². The lowest BCUT2D eigenvalue weighted by Gasteiger charge is -2.01. The molecule has 0 radical (unpaired) electrons. The minimum absolute atomic E-state index is 0.787. The van der Waals surface area contributed by atoms with E-state index in [0.717, 1.165) is 28.3 Å². The van der Waals surface area contributed by atoms with Crippen LogP contribution in [-0.4, -0.2) is 17.0 Å². The van der Waals surface area contributed by atoms with E-state index in [1.807, 2.05) is 37.5 Å². The number of pyridine rings is 1. The van der Waals surface area contributed by atoms with Crippen LogP contribution in [0.1, 0.15) is 10.7 Å². The van der Waals surface area contributed by atoms with Gasteiger partial charge in [0.05, 0.1) is 15.2 Å². The quantitative estimate of drug-likeness (QED) is 0.780. The van der Waals surface area contributed by atoms with Crippen molar-refractivity contribution in [1.82, 2.24) is 9.97 Å². The number of rotatable bonds is 3. The Balaban J connectivity index is 1.91. The first-order valence-corrected chi connectivity index (χ1v) is 6.64. The van der Waals surface area contributed by atoms with E-state index in [2.05, 4.69) is 27.4 Å². The number of anilines is 1. The highest BCUT2D eigenvalue weighted by molar-refractivity contribution is 7.18. The Morgan fingerprint density at radius 3 is 2.94 bits per heavy atom. The molecule has 0 bridgehead atoms. The van der Waals surface area contributed by atoms with E-state index in [-0.39, 0.29) is 0 Å². The van der Waals surface area contributed by atoms with Crippen LogP contribution in [-0.2, 0) is 6.42 Å². The van der Waals surface area contributed by atoms with Crippen LogP contribution in [0.4, 0.5) is 5.69 Å². The first kappa shape index (κ1) is 11.2. The van der Waals surface area contributed by atoms with Crippen LogP contribution in [0.5, 0.6) is 0 Å². The number of hydrogen-bond acceptors (Lipinski definition) is 4. The van der Waals surface area contributed by atoms with E-state index in [1.54, 1.807) is 11.3 Å². The molecule has 3 nitrogen and oxygen atoms in total. The van der Waals surface area contributed by atoms with Crippen molar-refractivity contribution in [2.45, 2.75) is 6.42 Å². The normalized spacial score (nSPS) is 10.7. The molecule has 18 heavy (non-hydrogen) atoms. The molecule has 0 fully saturated rings. The number of nitrogens with one attached hydrogen (secondary N) is 1. The topological polar surface area (TPSA) is 37.8 Å². The molecule has 0 amide bonds. The number of fused-ring (bicyclic) bond motifs is 1. The van der Waals surface area contributed by atoms with Crippen LogP contribution < -0.4 is 5.32 Å². The van der Waals surface area contributed by atoms with Crippen molar-refractivity contribution in [3.63, 3.8) is 0 Å². The Morgan fingerprint density at radius 1 is 1.22 bits per heavy atom. The lowest BCUT2D eigenvalue weighted by molar-refractivity contribution is 1.06. The van der Waals surface area contributed by atoms with Crippen molar-refractivity contribution < 1.29 is 0 Å². The third-order valence-corrected chi connectivity index (χ3v) is 3.81. The van der Waals surface area contributed by atoms with Gasteiger partial charge in [-0.3, -0.25) is 4.98 Å². The zero-order valence-corrected chi connectivity index (χ0v) is 10.9. The number of aromatic nitrogens is 2. The highest BCUT2D eigenvalue weighted by atomic mass is 32.1. The summed E-state index contributed by atoms with van der Waals surface area (Å²) >= 11 is 1.73. The second-order valence-electron chi connectivity index (χ2n) is 4.04. The largest absolute Gasteiger partial charge is 0.388 e. The van der Waals surface area contributed by atoms with Gasteiger partial charge in [0.15, 0.2) is 0 Å². The van der Waals surface area contributed by atoms with Gasteiger partial charge in [0.2, 0.25) is 0 Å². The molecular weight excluding hydrogens is 242 g/mol. The fourth-order valence-electron chi connectivity index (χ4n) is 1.88. The molecule has 1 N–H and O–H groups in total. The molecule has 0 aliphatic carbocycles. The second-order valence-corrected chi connectivity index (χ2v) is 5.15. The highest BCUT2D eigenvalue weighted by Crippen LogP contribution is 2.23. The summed E-state index contributed by atoms with van der Waals surface area (Å²) in [6, 6.07) is 12.2. The Hall–Kier alpha value is -1.94. The molecular formula is C14H13N3S. The van der Waals surface area contributed by atoms with Gasteiger partial charge in [-0.1, -0.05) is 12.1 Å². The zero-order chi connectivity index (χ0) is 12.4. The molecule has 3 rings (SSSR count). The molecule has 2 heterocycles. The summed E-state index contributed by atoms with van der Waals surface area (Å²) in [4.78, 5) is 9.00.